The molecular formula is C48H38O6. The van der Waals surface area contributed by atoms with Gasteiger partial charge in [0.15, 0.2) is 11.6 Å². The lowest BCUT2D eigenvalue weighted by atomic mass is 9.69. The Morgan fingerprint density at radius 1 is 0.444 bits per heavy atom. The molecule has 6 aromatic rings. The van der Waals surface area contributed by atoms with E-state index in [0.717, 1.165) is 85.5 Å². The summed E-state index contributed by atoms with van der Waals surface area (Å²) in [5.74, 6) is -3.01. The summed E-state index contributed by atoms with van der Waals surface area (Å²) in [5, 5.41) is 18.2. The van der Waals surface area contributed by atoms with Crippen molar-refractivity contribution >= 4 is 23.5 Å². The van der Waals surface area contributed by atoms with Crippen LogP contribution in [0.3, 0.4) is 0 Å². The van der Waals surface area contributed by atoms with E-state index in [1.165, 1.54) is 0 Å². The fraction of sp³-hybridized carbons (Fsp3) is 0.0833. The van der Waals surface area contributed by atoms with Crippen molar-refractivity contribution in [2.75, 3.05) is 0 Å². The molecule has 0 heterocycles. The standard InChI is InChI=1S/C48H38O6/c1-48(39-21-17-34(18-22-39)33-11-5-2-6-12-33,40-23-19-37(29-42(49)25-27-46(51)52)44(31-40)35-13-7-3-8-14-35)41-24-20-38(30-43(50)26-28-47(53)54)45(32-41)36-15-9-4-10-16-36/h2-28,31-32H,29-30H2,1H3,(H,51,52)(H,53,54)/b27-25+,28-26+. The van der Waals surface area contributed by atoms with Crippen LogP contribution in [0.25, 0.3) is 33.4 Å². The minimum absolute atomic E-state index is 0.0218. The third kappa shape index (κ3) is 8.57. The van der Waals surface area contributed by atoms with Gasteiger partial charge in [0.25, 0.3) is 0 Å². The van der Waals surface area contributed by atoms with Crippen molar-refractivity contribution in [1.82, 2.24) is 0 Å². The quantitative estimate of drug-likeness (QED) is 0.0861. The summed E-state index contributed by atoms with van der Waals surface area (Å²) in [6.45, 7) is 2.17. The lowest BCUT2D eigenvalue weighted by Gasteiger charge is -2.34. The second kappa shape index (κ2) is 16.6. The molecule has 0 spiro atoms. The molecule has 0 aliphatic carbocycles. The summed E-state index contributed by atoms with van der Waals surface area (Å²) in [6, 6.07) is 50.4. The maximum atomic E-state index is 12.9. The maximum absolute atomic E-state index is 12.9. The van der Waals surface area contributed by atoms with E-state index in [1.54, 1.807) is 0 Å². The molecule has 6 rings (SSSR count). The second-order valence-corrected chi connectivity index (χ2v) is 13.2. The van der Waals surface area contributed by atoms with Crippen molar-refractivity contribution < 1.29 is 29.4 Å². The number of carboxylic acids is 2. The molecule has 0 unspecified atom stereocenters. The number of allylic oxidation sites excluding steroid dienone is 2. The van der Waals surface area contributed by atoms with Crippen molar-refractivity contribution in [3.05, 3.63) is 204 Å². The van der Waals surface area contributed by atoms with Gasteiger partial charge >= 0.3 is 11.9 Å². The molecule has 0 radical (unpaired) electrons. The first-order valence-corrected chi connectivity index (χ1v) is 17.5. The molecule has 0 fully saturated rings. The molecule has 0 bridgehead atoms. The minimum Gasteiger partial charge on any atom is -0.478 e. The van der Waals surface area contributed by atoms with Gasteiger partial charge in [0.05, 0.1) is 0 Å². The highest BCUT2D eigenvalue weighted by Gasteiger charge is 2.33. The lowest BCUT2D eigenvalue weighted by molar-refractivity contribution is -0.132. The SMILES string of the molecule is CC(c1ccc(-c2ccccc2)cc1)(c1ccc(CC(=O)/C=C/C(=O)O)c(-c2ccccc2)c1)c1ccc(CC(=O)/C=C/C(=O)O)c(-c2ccccc2)c1. The molecule has 6 aromatic carbocycles. The van der Waals surface area contributed by atoms with Crippen LogP contribution in [0.1, 0.15) is 34.7 Å². The molecule has 266 valence electrons. The number of ketones is 2. The summed E-state index contributed by atoms with van der Waals surface area (Å²) in [4.78, 5) is 48.1. The highest BCUT2D eigenvalue weighted by atomic mass is 16.4. The molecule has 0 saturated heterocycles. The zero-order valence-electron chi connectivity index (χ0n) is 29.7. The number of aliphatic carboxylic acids is 2. The average molecular weight is 711 g/mol. The first kappa shape index (κ1) is 36.9. The summed E-state index contributed by atoms with van der Waals surface area (Å²) in [5.41, 5.74) is 9.42. The first-order chi connectivity index (χ1) is 26.1. The van der Waals surface area contributed by atoms with Gasteiger partial charge in [0, 0.05) is 30.4 Å². The van der Waals surface area contributed by atoms with E-state index in [9.17, 15) is 19.2 Å². The molecule has 6 nitrogen and oxygen atoms in total. The Balaban J connectivity index is 1.55. The molecule has 0 aromatic heterocycles. The lowest BCUT2D eigenvalue weighted by Crippen LogP contribution is -2.26. The van der Waals surface area contributed by atoms with Gasteiger partial charge in [-0.2, -0.15) is 0 Å². The number of rotatable bonds is 14. The van der Waals surface area contributed by atoms with Gasteiger partial charge in [-0.05, 0) is 92.4 Å². The molecule has 6 heteroatoms. The largest absolute Gasteiger partial charge is 0.478 e. The Labute approximate surface area is 314 Å². The van der Waals surface area contributed by atoms with Crippen LogP contribution < -0.4 is 0 Å². The number of hydrogen-bond donors (Lipinski definition) is 2. The van der Waals surface area contributed by atoms with Crippen LogP contribution in [-0.4, -0.2) is 33.7 Å². The number of hydrogen-bond acceptors (Lipinski definition) is 4. The number of carbonyl (C=O) groups is 4. The molecule has 0 saturated carbocycles. The molecule has 0 atom stereocenters. The Morgan fingerprint density at radius 2 is 0.796 bits per heavy atom. The van der Waals surface area contributed by atoms with Crippen LogP contribution >= 0.6 is 0 Å². The van der Waals surface area contributed by atoms with Crippen molar-refractivity contribution in [3.63, 3.8) is 0 Å². The minimum atomic E-state index is -1.18. The number of carboxylic acid groups (broad SMARTS) is 2. The zero-order valence-corrected chi connectivity index (χ0v) is 29.7. The smallest absolute Gasteiger partial charge is 0.328 e. The van der Waals surface area contributed by atoms with E-state index >= 15 is 0 Å². The van der Waals surface area contributed by atoms with E-state index < -0.39 is 17.4 Å². The molecule has 54 heavy (non-hydrogen) atoms. The van der Waals surface area contributed by atoms with Gasteiger partial charge in [-0.15, -0.1) is 0 Å². The Morgan fingerprint density at radius 3 is 1.19 bits per heavy atom. The van der Waals surface area contributed by atoms with E-state index in [1.807, 2.05) is 103 Å². The van der Waals surface area contributed by atoms with Crippen LogP contribution in [0.2, 0.25) is 0 Å². The molecular weight excluding hydrogens is 673 g/mol. The Kier molecular flexibility index (Phi) is 11.3. The van der Waals surface area contributed by atoms with Crippen LogP contribution in [0, 0.1) is 0 Å². The number of carbonyl (C=O) groups excluding carboxylic acids is 2. The highest BCUT2D eigenvalue weighted by molar-refractivity contribution is 5.98. The Bertz CT molecular complexity index is 2230. The van der Waals surface area contributed by atoms with Gasteiger partial charge in [-0.3, -0.25) is 9.59 Å². The fourth-order valence-electron chi connectivity index (χ4n) is 6.80. The van der Waals surface area contributed by atoms with Crippen LogP contribution in [0.4, 0.5) is 0 Å². The van der Waals surface area contributed by atoms with E-state index in [2.05, 4.69) is 55.5 Å². The van der Waals surface area contributed by atoms with E-state index in [0.29, 0.717) is 0 Å². The van der Waals surface area contributed by atoms with Crippen LogP contribution in [-0.2, 0) is 37.4 Å². The first-order valence-electron chi connectivity index (χ1n) is 17.5. The Hall–Kier alpha value is -6.92. The predicted molar refractivity (Wildman–Crippen MR) is 212 cm³/mol. The molecule has 0 amide bonds. The summed E-state index contributed by atoms with van der Waals surface area (Å²) >= 11 is 0. The summed E-state index contributed by atoms with van der Waals surface area (Å²) < 4.78 is 0. The second-order valence-electron chi connectivity index (χ2n) is 13.2. The molecule has 0 aliphatic rings. The highest BCUT2D eigenvalue weighted by Crippen LogP contribution is 2.43. The third-order valence-corrected chi connectivity index (χ3v) is 9.67. The predicted octanol–water partition coefficient (Wildman–Crippen LogP) is 9.55. The molecule has 0 aliphatic heterocycles. The van der Waals surface area contributed by atoms with Crippen molar-refractivity contribution in [3.8, 4) is 33.4 Å². The fourth-order valence-corrected chi connectivity index (χ4v) is 6.80. The summed E-state index contributed by atoms with van der Waals surface area (Å²) in [7, 11) is 0. The van der Waals surface area contributed by atoms with E-state index in [4.69, 9.17) is 10.2 Å². The summed E-state index contributed by atoms with van der Waals surface area (Å²) in [6.07, 6.45) is 3.96. The topological polar surface area (TPSA) is 109 Å². The van der Waals surface area contributed by atoms with Gasteiger partial charge in [-0.1, -0.05) is 140 Å². The zero-order chi connectivity index (χ0) is 38.1. The third-order valence-electron chi connectivity index (χ3n) is 9.67. The van der Waals surface area contributed by atoms with Gasteiger partial charge in [0.2, 0.25) is 0 Å². The number of benzene rings is 6. The van der Waals surface area contributed by atoms with Crippen LogP contribution in [0.5, 0.6) is 0 Å². The van der Waals surface area contributed by atoms with E-state index in [-0.39, 0.29) is 24.4 Å². The van der Waals surface area contributed by atoms with Crippen molar-refractivity contribution in [2.24, 2.45) is 0 Å². The van der Waals surface area contributed by atoms with Gasteiger partial charge in [-0.25, -0.2) is 9.59 Å². The van der Waals surface area contributed by atoms with Gasteiger partial charge in [0.1, 0.15) is 0 Å². The van der Waals surface area contributed by atoms with Crippen molar-refractivity contribution in [1.29, 1.82) is 0 Å². The van der Waals surface area contributed by atoms with Gasteiger partial charge < -0.3 is 10.2 Å². The normalized spacial score (nSPS) is 11.5. The molecule has 2 N–H and O–H groups in total. The maximum Gasteiger partial charge on any atom is 0.328 e. The average Bonchev–Trinajstić information content (AvgIpc) is 3.20. The van der Waals surface area contributed by atoms with Crippen molar-refractivity contribution in [2.45, 2.75) is 25.2 Å². The van der Waals surface area contributed by atoms with Crippen LogP contribution in [0.15, 0.2) is 176 Å². The monoisotopic (exact) mass is 710 g/mol.